The molecule has 22 heavy (non-hydrogen) atoms. The summed E-state index contributed by atoms with van der Waals surface area (Å²) in [6.45, 7) is 3.95. The molecule has 0 fully saturated rings. The van der Waals surface area contributed by atoms with Gasteiger partial charge in [0.15, 0.2) is 0 Å². The second kappa shape index (κ2) is 7.96. The van der Waals surface area contributed by atoms with Crippen molar-refractivity contribution in [3.05, 3.63) is 29.6 Å². The predicted octanol–water partition coefficient (Wildman–Crippen LogP) is 0.818. The van der Waals surface area contributed by atoms with Crippen LogP contribution < -0.4 is 21.7 Å². The standard InChI is InChI=1S/C14H19FN4O3/c1-8(2)13(21)17-5-6-18-14(22)19-11-7-9(12(16)20)3-4-10(11)15/h3-4,7-8H,5-6H2,1-2H3,(H2,16,20)(H,17,21)(H2,18,19,22). The van der Waals surface area contributed by atoms with Crippen molar-refractivity contribution in [1.29, 1.82) is 0 Å². The molecule has 1 rings (SSSR count). The highest BCUT2D eigenvalue weighted by atomic mass is 19.1. The molecule has 4 amide bonds. The summed E-state index contributed by atoms with van der Waals surface area (Å²) in [4.78, 5) is 33.9. The predicted molar refractivity (Wildman–Crippen MR) is 79.8 cm³/mol. The van der Waals surface area contributed by atoms with E-state index in [1.807, 2.05) is 0 Å². The summed E-state index contributed by atoms with van der Waals surface area (Å²) in [7, 11) is 0. The van der Waals surface area contributed by atoms with Gasteiger partial charge in [-0.05, 0) is 18.2 Å². The van der Waals surface area contributed by atoms with Gasteiger partial charge in [0.05, 0.1) is 5.69 Å². The van der Waals surface area contributed by atoms with Gasteiger partial charge >= 0.3 is 6.03 Å². The zero-order valence-electron chi connectivity index (χ0n) is 12.4. The lowest BCUT2D eigenvalue weighted by atomic mass is 10.2. The van der Waals surface area contributed by atoms with Crippen LogP contribution in [0.15, 0.2) is 18.2 Å². The van der Waals surface area contributed by atoms with Crippen molar-refractivity contribution in [1.82, 2.24) is 10.6 Å². The number of benzene rings is 1. The smallest absolute Gasteiger partial charge is 0.319 e. The Morgan fingerprint density at radius 1 is 1.18 bits per heavy atom. The number of halogens is 1. The third-order valence-electron chi connectivity index (χ3n) is 2.73. The number of carbonyl (C=O) groups is 3. The van der Waals surface area contributed by atoms with E-state index in [9.17, 15) is 18.8 Å². The highest BCUT2D eigenvalue weighted by Gasteiger charge is 2.10. The van der Waals surface area contributed by atoms with Crippen molar-refractivity contribution < 1.29 is 18.8 Å². The Morgan fingerprint density at radius 3 is 2.41 bits per heavy atom. The Kier molecular flexibility index (Phi) is 6.30. The van der Waals surface area contributed by atoms with Crippen LogP contribution in [-0.4, -0.2) is 30.9 Å². The lowest BCUT2D eigenvalue weighted by Crippen LogP contribution is -2.38. The van der Waals surface area contributed by atoms with Gasteiger partial charge in [-0.2, -0.15) is 0 Å². The molecule has 0 bridgehead atoms. The molecule has 0 aliphatic carbocycles. The summed E-state index contributed by atoms with van der Waals surface area (Å²) in [6, 6.07) is 2.76. The fourth-order valence-electron chi connectivity index (χ4n) is 1.51. The normalized spacial score (nSPS) is 10.2. The number of amides is 4. The Balaban J connectivity index is 2.47. The van der Waals surface area contributed by atoms with Gasteiger partial charge in [-0.3, -0.25) is 9.59 Å². The van der Waals surface area contributed by atoms with Crippen molar-refractivity contribution >= 4 is 23.5 Å². The number of carbonyl (C=O) groups excluding carboxylic acids is 3. The molecule has 0 aliphatic rings. The van der Waals surface area contributed by atoms with E-state index in [0.29, 0.717) is 0 Å². The minimum Gasteiger partial charge on any atom is -0.366 e. The van der Waals surface area contributed by atoms with E-state index in [0.717, 1.165) is 12.1 Å². The largest absolute Gasteiger partial charge is 0.366 e. The van der Waals surface area contributed by atoms with Gasteiger partial charge in [-0.25, -0.2) is 9.18 Å². The summed E-state index contributed by atoms with van der Waals surface area (Å²) >= 11 is 0. The van der Waals surface area contributed by atoms with Gasteiger partial charge in [0.25, 0.3) is 0 Å². The van der Waals surface area contributed by atoms with Gasteiger partial charge < -0.3 is 21.7 Å². The summed E-state index contributed by atoms with van der Waals surface area (Å²) in [5, 5.41) is 7.34. The summed E-state index contributed by atoms with van der Waals surface area (Å²) < 4.78 is 13.5. The molecule has 0 atom stereocenters. The Bertz CT molecular complexity index is 575. The van der Waals surface area contributed by atoms with Crippen molar-refractivity contribution in [3.63, 3.8) is 0 Å². The zero-order chi connectivity index (χ0) is 16.7. The average Bonchev–Trinajstić information content (AvgIpc) is 2.45. The minimum atomic E-state index is -0.722. The SMILES string of the molecule is CC(C)C(=O)NCCNC(=O)Nc1cc(C(N)=O)ccc1F. The number of urea groups is 1. The highest BCUT2D eigenvalue weighted by Crippen LogP contribution is 2.15. The van der Waals surface area contributed by atoms with Crippen LogP contribution in [0.4, 0.5) is 14.9 Å². The summed E-state index contributed by atoms with van der Waals surface area (Å²) in [5.41, 5.74) is 5.02. The molecule has 0 saturated carbocycles. The van der Waals surface area contributed by atoms with Crippen molar-refractivity contribution in [2.45, 2.75) is 13.8 Å². The zero-order valence-corrected chi connectivity index (χ0v) is 12.4. The van der Waals surface area contributed by atoms with Crippen LogP contribution in [0, 0.1) is 11.7 Å². The van der Waals surface area contributed by atoms with Gasteiger partial charge in [0, 0.05) is 24.6 Å². The van der Waals surface area contributed by atoms with Crippen LogP contribution in [0.1, 0.15) is 24.2 Å². The maximum absolute atomic E-state index is 13.5. The van der Waals surface area contributed by atoms with Gasteiger partial charge in [0.2, 0.25) is 11.8 Å². The van der Waals surface area contributed by atoms with E-state index in [-0.39, 0.29) is 36.2 Å². The van der Waals surface area contributed by atoms with E-state index < -0.39 is 17.8 Å². The molecule has 7 nitrogen and oxygen atoms in total. The molecule has 0 aromatic heterocycles. The average molecular weight is 310 g/mol. The molecule has 0 spiro atoms. The number of nitrogens with two attached hydrogens (primary N) is 1. The molecule has 1 aromatic carbocycles. The second-order valence-electron chi connectivity index (χ2n) is 4.89. The van der Waals surface area contributed by atoms with Crippen LogP contribution in [0.25, 0.3) is 0 Å². The first kappa shape index (κ1) is 17.4. The van der Waals surface area contributed by atoms with E-state index >= 15 is 0 Å². The highest BCUT2D eigenvalue weighted by molar-refractivity contribution is 5.96. The number of primary amides is 1. The maximum atomic E-state index is 13.5. The van der Waals surface area contributed by atoms with Crippen LogP contribution >= 0.6 is 0 Å². The van der Waals surface area contributed by atoms with Gasteiger partial charge in [-0.15, -0.1) is 0 Å². The molecule has 5 N–H and O–H groups in total. The number of rotatable bonds is 6. The molecule has 0 heterocycles. The van der Waals surface area contributed by atoms with Crippen LogP contribution in [-0.2, 0) is 4.79 Å². The Hall–Kier alpha value is -2.64. The molecular formula is C14H19FN4O3. The fourth-order valence-corrected chi connectivity index (χ4v) is 1.51. The molecule has 0 unspecified atom stereocenters. The van der Waals surface area contributed by atoms with Crippen LogP contribution in [0.5, 0.6) is 0 Å². The van der Waals surface area contributed by atoms with E-state index in [4.69, 9.17) is 5.73 Å². The third kappa shape index (κ3) is 5.39. The minimum absolute atomic E-state index is 0.0842. The maximum Gasteiger partial charge on any atom is 0.319 e. The lowest BCUT2D eigenvalue weighted by Gasteiger charge is -2.10. The molecule has 0 radical (unpaired) electrons. The van der Waals surface area contributed by atoms with Crippen LogP contribution in [0.3, 0.4) is 0 Å². The first-order chi connectivity index (χ1) is 10.3. The van der Waals surface area contributed by atoms with Crippen molar-refractivity contribution in [2.24, 2.45) is 11.7 Å². The summed E-state index contributed by atoms with van der Waals surface area (Å²) in [6.07, 6.45) is 0. The van der Waals surface area contributed by atoms with Gasteiger partial charge in [-0.1, -0.05) is 13.8 Å². The first-order valence-corrected chi connectivity index (χ1v) is 6.73. The molecule has 0 aliphatic heterocycles. The number of nitrogens with one attached hydrogen (secondary N) is 3. The van der Waals surface area contributed by atoms with Crippen molar-refractivity contribution in [2.75, 3.05) is 18.4 Å². The molecule has 0 saturated heterocycles. The second-order valence-corrected chi connectivity index (χ2v) is 4.89. The van der Waals surface area contributed by atoms with Crippen LogP contribution in [0.2, 0.25) is 0 Å². The number of hydrogen-bond acceptors (Lipinski definition) is 3. The molecule has 120 valence electrons. The molecular weight excluding hydrogens is 291 g/mol. The summed E-state index contributed by atoms with van der Waals surface area (Å²) in [5.74, 6) is -1.67. The van der Waals surface area contributed by atoms with E-state index in [2.05, 4.69) is 16.0 Å². The Morgan fingerprint density at radius 2 is 1.82 bits per heavy atom. The topological polar surface area (TPSA) is 113 Å². The van der Waals surface area contributed by atoms with Crippen molar-refractivity contribution in [3.8, 4) is 0 Å². The number of hydrogen-bond donors (Lipinski definition) is 4. The van der Waals surface area contributed by atoms with Gasteiger partial charge in [0.1, 0.15) is 5.82 Å². The quantitative estimate of drug-likeness (QED) is 0.583. The lowest BCUT2D eigenvalue weighted by molar-refractivity contribution is -0.123. The number of anilines is 1. The molecule has 8 heteroatoms. The monoisotopic (exact) mass is 310 g/mol. The first-order valence-electron chi connectivity index (χ1n) is 6.73. The fraction of sp³-hybridized carbons (Fsp3) is 0.357. The third-order valence-corrected chi connectivity index (χ3v) is 2.73. The van der Waals surface area contributed by atoms with E-state index in [1.54, 1.807) is 13.8 Å². The molecule has 1 aromatic rings. The Labute approximate surface area is 127 Å². The van der Waals surface area contributed by atoms with E-state index in [1.165, 1.54) is 6.07 Å².